The van der Waals surface area contributed by atoms with Gasteiger partial charge in [-0.3, -0.25) is 9.69 Å². The van der Waals surface area contributed by atoms with Crippen LogP contribution in [0.4, 0.5) is 24.5 Å². The molecule has 4 N–H and O–H groups in total. The molecule has 0 aliphatic carbocycles. The number of aliphatic hydroxyl groups is 1. The van der Waals surface area contributed by atoms with E-state index in [2.05, 4.69) is 0 Å². The molecule has 0 radical (unpaired) electrons. The lowest BCUT2D eigenvalue weighted by Gasteiger charge is -2.39. The van der Waals surface area contributed by atoms with Crippen molar-refractivity contribution in [3.8, 4) is 0 Å². The zero-order valence-corrected chi connectivity index (χ0v) is 14.8. The molecule has 29 heavy (non-hydrogen) atoms. The van der Waals surface area contributed by atoms with Crippen molar-refractivity contribution in [2.75, 3.05) is 23.1 Å². The fraction of sp³-hybridized carbons (Fsp3) is 0.167. The van der Waals surface area contributed by atoms with Crippen LogP contribution in [0.1, 0.15) is 15.9 Å². The van der Waals surface area contributed by atoms with Crippen molar-refractivity contribution in [2.45, 2.75) is 6.18 Å². The van der Waals surface area contributed by atoms with Crippen LogP contribution < -0.4 is 21.0 Å². The van der Waals surface area contributed by atoms with E-state index in [-0.39, 0.29) is 35.8 Å². The maximum atomic E-state index is 13.1. The smallest absolute Gasteiger partial charge is 0.416 e. The molecule has 11 heteroatoms. The Morgan fingerprint density at radius 3 is 2.34 bits per heavy atom. The summed E-state index contributed by atoms with van der Waals surface area (Å²) in [4.78, 5) is 14.0. The topological polar surface area (TPSA) is 101 Å². The van der Waals surface area contributed by atoms with Crippen LogP contribution in [0.3, 0.4) is 0 Å². The third kappa shape index (κ3) is 2.87. The van der Waals surface area contributed by atoms with Gasteiger partial charge < -0.3 is 16.0 Å². The number of amides is 1. The van der Waals surface area contributed by atoms with Gasteiger partial charge in [-0.25, -0.2) is 0 Å². The zero-order chi connectivity index (χ0) is 20.9. The molecule has 1 unspecified atom stereocenters. The number of benzene rings is 2. The van der Waals surface area contributed by atoms with Gasteiger partial charge in [0.1, 0.15) is 11.4 Å². The highest BCUT2D eigenvalue weighted by atomic mass is 19.4. The number of halogens is 3. The van der Waals surface area contributed by atoms with Crippen LogP contribution in [-0.2, 0) is 6.18 Å². The Morgan fingerprint density at radius 1 is 1.07 bits per heavy atom. The first kappa shape index (κ1) is 19.1. The standard InChI is InChI=1S/C18H16F3N5O3/c19-18(20,21)11-5-7-12(8-6-11)24-17(28)15-23(10-9-22)16(27)13-3-1-2-4-14(13)25(15)26(24)29/h1-8,26,28H,9-10,22H2. The van der Waals surface area contributed by atoms with Crippen LogP contribution in [0.2, 0.25) is 0 Å². The highest BCUT2D eigenvalue weighted by molar-refractivity contribution is 6.03. The van der Waals surface area contributed by atoms with Crippen LogP contribution in [0.5, 0.6) is 0 Å². The molecule has 8 nitrogen and oxygen atoms in total. The van der Waals surface area contributed by atoms with E-state index in [1.54, 1.807) is 24.3 Å². The number of para-hydroxylation sites is 1. The molecule has 0 bridgehead atoms. The Bertz CT molecular complexity index is 993. The Labute approximate surface area is 162 Å². The van der Waals surface area contributed by atoms with E-state index >= 15 is 0 Å². The number of alkyl halides is 3. The number of fused-ring (bicyclic) bond motifs is 3. The number of rotatable bonds is 3. The summed E-state index contributed by atoms with van der Waals surface area (Å²) in [7, 11) is 0. The first-order valence-corrected chi connectivity index (χ1v) is 8.61. The number of aliphatic hydroxyl groups excluding tert-OH is 1. The van der Waals surface area contributed by atoms with Gasteiger partial charge in [0.2, 0.25) is 5.82 Å². The minimum Gasteiger partial charge on any atom is -0.581 e. The molecule has 152 valence electrons. The van der Waals surface area contributed by atoms with E-state index in [9.17, 15) is 28.3 Å². The second kappa shape index (κ2) is 6.65. The molecule has 2 aromatic carbocycles. The molecule has 2 heterocycles. The number of nitrogens with zero attached hydrogens (tertiary/aromatic N) is 3. The molecule has 1 atom stereocenters. The third-order valence-corrected chi connectivity index (χ3v) is 4.69. The Morgan fingerprint density at radius 2 is 1.72 bits per heavy atom. The summed E-state index contributed by atoms with van der Waals surface area (Å²) in [5.41, 5.74) is 5.25. The van der Waals surface area contributed by atoms with Crippen LogP contribution in [0.15, 0.2) is 60.2 Å². The Kier molecular flexibility index (Phi) is 4.37. The normalized spacial score (nSPS) is 19.0. The quantitative estimate of drug-likeness (QED) is 0.664. The van der Waals surface area contributed by atoms with Crippen LogP contribution in [0, 0.1) is 5.21 Å². The van der Waals surface area contributed by atoms with E-state index < -0.39 is 28.8 Å². The maximum absolute atomic E-state index is 13.1. The lowest BCUT2D eigenvalue weighted by Crippen LogP contribution is -3.19. The van der Waals surface area contributed by atoms with Gasteiger partial charge in [-0.15, -0.1) is 10.0 Å². The number of nitrogens with one attached hydrogen (secondary N) is 1. The van der Waals surface area contributed by atoms with Crippen molar-refractivity contribution in [1.29, 1.82) is 0 Å². The number of nitrogens with two attached hydrogens (primary N) is 1. The minimum absolute atomic E-state index is 0.0278. The number of anilines is 2. The minimum atomic E-state index is -4.53. The summed E-state index contributed by atoms with van der Waals surface area (Å²) >= 11 is 0. The molecule has 4 rings (SSSR count). The van der Waals surface area contributed by atoms with Crippen molar-refractivity contribution < 1.29 is 28.4 Å². The SMILES string of the molecule is NCCN1C(=O)c2ccccc2N2C1=C(O)N(c1ccc(C(F)(F)F)cc1)[NH+]2[O-]. The number of carbonyl (C=O) groups excluding carboxylic acids is 1. The molecule has 2 aliphatic rings. The summed E-state index contributed by atoms with van der Waals surface area (Å²) in [6, 6.07) is 10.2. The van der Waals surface area contributed by atoms with Gasteiger partial charge in [0, 0.05) is 13.1 Å². The number of hydrogen-bond acceptors (Lipinski definition) is 6. The molecular weight excluding hydrogens is 391 g/mol. The number of carbonyl (C=O) groups is 1. The summed E-state index contributed by atoms with van der Waals surface area (Å²) in [6.45, 7) is 0.115. The van der Waals surface area contributed by atoms with Gasteiger partial charge in [-0.05, 0) is 36.4 Å². The van der Waals surface area contributed by atoms with Crippen molar-refractivity contribution >= 4 is 17.3 Å². The average Bonchev–Trinajstić information content (AvgIpc) is 2.95. The highest BCUT2D eigenvalue weighted by Gasteiger charge is 2.48. The van der Waals surface area contributed by atoms with E-state index in [1.807, 2.05) is 0 Å². The van der Waals surface area contributed by atoms with Gasteiger partial charge >= 0.3 is 6.18 Å². The van der Waals surface area contributed by atoms with Crippen molar-refractivity contribution in [3.63, 3.8) is 0 Å². The molecule has 0 saturated carbocycles. The second-order valence-electron chi connectivity index (χ2n) is 6.41. The average molecular weight is 407 g/mol. The predicted octanol–water partition coefficient (Wildman–Crippen LogP) is 1.34. The van der Waals surface area contributed by atoms with Gasteiger partial charge in [0.05, 0.1) is 11.1 Å². The summed E-state index contributed by atoms with van der Waals surface area (Å²) < 4.78 is 38.5. The summed E-state index contributed by atoms with van der Waals surface area (Å²) in [6.07, 6.45) is -4.53. The van der Waals surface area contributed by atoms with E-state index in [0.29, 0.717) is 0 Å². The lowest BCUT2D eigenvalue weighted by molar-refractivity contribution is -0.854. The third-order valence-electron chi connectivity index (χ3n) is 4.69. The van der Waals surface area contributed by atoms with Crippen LogP contribution >= 0.6 is 0 Å². The molecule has 2 aliphatic heterocycles. The monoisotopic (exact) mass is 407 g/mol. The molecule has 1 amide bonds. The highest BCUT2D eigenvalue weighted by Crippen LogP contribution is 2.36. The van der Waals surface area contributed by atoms with Crippen LogP contribution in [-0.4, -0.2) is 29.0 Å². The fourth-order valence-electron chi connectivity index (χ4n) is 3.40. The van der Waals surface area contributed by atoms with Gasteiger partial charge in [0.25, 0.3) is 11.8 Å². The van der Waals surface area contributed by atoms with E-state index in [4.69, 9.17) is 5.73 Å². The van der Waals surface area contributed by atoms with Gasteiger partial charge in [-0.2, -0.15) is 18.5 Å². The molecule has 0 fully saturated rings. The first-order chi connectivity index (χ1) is 13.8. The summed E-state index contributed by atoms with van der Waals surface area (Å²) in [5.74, 6) is -1.08. The maximum Gasteiger partial charge on any atom is 0.416 e. The second-order valence-corrected chi connectivity index (χ2v) is 6.41. The molecule has 0 aromatic heterocycles. The molecule has 0 spiro atoms. The first-order valence-electron chi connectivity index (χ1n) is 8.61. The van der Waals surface area contributed by atoms with Crippen molar-refractivity contribution in [1.82, 2.24) is 4.90 Å². The Balaban J connectivity index is 1.82. The van der Waals surface area contributed by atoms with Gasteiger partial charge in [-0.1, -0.05) is 12.1 Å². The van der Waals surface area contributed by atoms with Crippen molar-refractivity contribution in [2.24, 2.45) is 5.73 Å². The van der Waals surface area contributed by atoms with Crippen LogP contribution in [0.25, 0.3) is 0 Å². The zero-order valence-electron chi connectivity index (χ0n) is 14.8. The fourth-order valence-corrected chi connectivity index (χ4v) is 3.40. The number of hydrogen-bond donors (Lipinski definition) is 3. The molecular formula is C18H16F3N5O3. The number of quaternary nitrogens is 1. The largest absolute Gasteiger partial charge is 0.581 e. The molecule has 2 aromatic rings. The van der Waals surface area contributed by atoms with Gasteiger partial charge in [0.15, 0.2) is 0 Å². The predicted molar refractivity (Wildman–Crippen MR) is 96.9 cm³/mol. The summed E-state index contributed by atoms with van der Waals surface area (Å²) in [5, 5.41) is 25.2. The lowest BCUT2D eigenvalue weighted by atomic mass is 10.1. The Hall–Kier alpha value is -3.28. The van der Waals surface area contributed by atoms with Crippen molar-refractivity contribution in [3.05, 3.63) is 76.6 Å². The van der Waals surface area contributed by atoms with E-state index in [0.717, 1.165) is 34.3 Å². The van der Waals surface area contributed by atoms with E-state index in [1.165, 1.54) is 4.90 Å². The molecule has 0 saturated heterocycles.